The molecule has 1 N–H and O–H groups in total. The first-order valence-corrected chi connectivity index (χ1v) is 11.7. The lowest BCUT2D eigenvalue weighted by molar-refractivity contribution is -0.384. The minimum atomic E-state index is -0.421. The first kappa shape index (κ1) is 22.6. The van der Waals surface area contributed by atoms with Crippen molar-refractivity contribution in [1.29, 1.82) is 0 Å². The SMILES string of the molecule is Cc1ccc(-c2nc3cc(NC(=O)c4ccc(N5CCCCC5)c([N+](=O)[O-])c4)ccc3o2)cc1C. The van der Waals surface area contributed by atoms with E-state index in [-0.39, 0.29) is 11.3 Å². The van der Waals surface area contributed by atoms with E-state index < -0.39 is 10.8 Å². The molecule has 5 rings (SSSR count). The molecular weight excluding hydrogens is 444 g/mol. The Morgan fingerprint density at radius 1 is 1.00 bits per heavy atom. The largest absolute Gasteiger partial charge is 0.436 e. The van der Waals surface area contributed by atoms with Crippen LogP contribution in [0.25, 0.3) is 22.6 Å². The Balaban J connectivity index is 1.38. The van der Waals surface area contributed by atoms with Gasteiger partial charge in [-0.2, -0.15) is 0 Å². The molecule has 1 aliphatic rings. The molecule has 0 spiro atoms. The number of amides is 1. The molecule has 1 aromatic heterocycles. The molecule has 0 aliphatic carbocycles. The summed E-state index contributed by atoms with van der Waals surface area (Å²) in [7, 11) is 0. The van der Waals surface area contributed by atoms with E-state index in [1.807, 2.05) is 30.0 Å². The molecule has 178 valence electrons. The second kappa shape index (κ2) is 9.21. The molecule has 3 aromatic carbocycles. The van der Waals surface area contributed by atoms with Crippen LogP contribution in [-0.4, -0.2) is 28.9 Å². The van der Waals surface area contributed by atoms with Gasteiger partial charge in [-0.25, -0.2) is 4.98 Å². The number of carbonyl (C=O) groups excluding carboxylic acids is 1. The van der Waals surface area contributed by atoms with E-state index in [0.29, 0.717) is 28.4 Å². The Labute approximate surface area is 202 Å². The summed E-state index contributed by atoms with van der Waals surface area (Å²) in [5, 5.41) is 14.6. The van der Waals surface area contributed by atoms with Crippen LogP contribution in [-0.2, 0) is 0 Å². The van der Waals surface area contributed by atoms with Crippen LogP contribution in [0.3, 0.4) is 0 Å². The average molecular weight is 471 g/mol. The molecule has 1 fully saturated rings. The number of benzene rings is 3. The lowest BCUT2D eigenvalue weighted by Gasteiger charge is -2.28. The summed E-state index contributed by atoms with van der Waals surface area (Å²) >= 11 is 0. The highest BCUT2D eigenvalue weighted by atomic mass is 16.6. The number of rotatable bonds is 5. The van der Waals surface area contributed by atoms with Crippen molar-refractivity contribution in [2.75, 3.05) is 23.3 Å². The van der Waals surface area contributed by atoms with Gasteiger partial charge in [0.2, 0.25) is 5.89 Å². The van der Waals surface area contributed by atoms with Gasteiger partial charge in [-0.05, 0) is 86.7 Å². The predicted octanol–water partition coefficient (Wildman–Crippen LogP) is 6.26. The van der Waals surface area contributed by atoms with Crippen molar-refractivity contribution in [1.82, 2.24) is 4.98 Å². The van der Waals surface area contributed by atoms with E-state index >= 15 is 0 Å². The summed E-state index contributed by atoms with van der Waals surface area (Å²) in [5.41, 5.74) is 5.73. The number of nitro benzene ring substituents is 1. The maximum Gasteiger partial charge on any atom is 0.293 e. The molecule has 0 saturated carbocycles. The second-order valence-electron chi connectivity index (χ2n) is 8.96. The quantitative estimate of drug-likeness (QED) is 0.273. The number of piperidine rings is 1. The third kappa shape index (κ3) is 4.59. The van der Waals surface area contributed by atoms with Gasteiger partial charge < -0.3 is 14.6 Å². The Kier molecular flexibility index (Phi) is 5.94. The first-order valence-electron chi connectivity index (χ1n) is 11.7. The van der Waals surface area contributed by atoms with Gasteiger partial charge in [0.05, 0.1) is 4.92 Å². The number of nitrogens with zero attached hydrogens (tertiary/aromatic N) is 3. The van der Waals surface area contributed by atoms with Crippen molar-refractivity contribution < 1.29 is 14.1 Å². The third-order valence-electron chi connectivity index (χ3n) is 6.53. The molecule has 1 aliphatic heterocycles. The Morgan fingerprint density at radius 2 is 1.80 bits per heavy atom. The van der Waals surface area contributed by atoms with Gasteiger partial charge in [0.15, 0.2) is 5.58 Å². The van der Waals surface area contributed by atoms with Crippen LogP contribution >= 0.6 is 0 Å². The highest BCUT2D eigenvalue weighted by Crippen LogP contribution is 2.32. The van der Waals surface area contributed by atoms with Gasteiger partial charge in [0.1, 0.15) is 11.2 Å². The number of nitrogens with one attached hydrogen (secondary N) is 1. The van der Waals surface area contributed by atoms with Crippen LogP contribution < -0.4 is 10.2 Å². The van der Waals surface area contributed by atoms with Crippen molar-refractivity contribution in [2.45, 2.75) is 33.1 Å². The molecule has 1 saturated heterocycles. The minimum Gasteiger partial charge on any atom is -0.436 e. The number of hydrogen-bond donors (Lipinski definition) is 1. The summed E-state index contributed by atoms with van der Waals surface area (Å²) in [6.07, 6.45) is 3.15. The van der Waals surface area contributed by atoms with Crippen LogP contribution in [0, 0.1) is 24.0 Å². The number of anilines is 2. The molecule has 1 amide bonds. The van der Waals surface area contributed by atoms with Crippen molar-refractivity contribution in [2.24, 2.45) is 0 Å². The minimum absolute atomic E-state index is 0.0514. The van der Waals surface area contributed by atoms with Crippen LogP contribution in [0.15, 0.2) is 59.0 Å². The number of aromatic nitrogens is 1. The smallest absolute Gasteiger partial charge is 0.293 e. The van der Waals surface area contributed by atoms with Gasteiger partial charge in [0, 0.05) is 36.0 Å². The van der Waals surface area contributed by atoms with E-state index in [1.54, 1.807) is 30.3 Å². The third-order valence-corrected chi connectivity index (χ3v) is 6.53. The van der Waals surface area contributed by atoms with Gasteiger partial charge in [-0.1, -0.05) is 6.07 Å². The molecule has 35 heavy (non-hydrogen) atoms. The molecule has 0 unspecified atom stereocenters. The highest BCUT2D eigenvalue weighted by Gasteiger charge is 2.23. The molecule has 0 bridgehead atoms. The van der Waals surface area contributed by atoms with Crippen LogP contribution in [0.4, 0.5) is 17.1 Å². The van der Waals surface area contributed by atoms with Crippen molar-refractivity contribution >= 4 is 34.1 Å². The standard InChI is InChI=1S/C27H26N4O4/c1-17-6-7-20(14-18(17)2)27-29-22-16-21(9-11-25(22)35-27)28-26(32)19-8-10-23(24(15-19)31(33)34)30-12-4-3-5-13-30/h6-11,14-16H,3-5,12-13H2,1-2H3,(H,28,32). The number of carbonyl (C=O) groups is 1. The van der Waals surface area contributed by atoms with E-state index in [9.17, 15) is 14.9 Å². The summed E-state index contributed by atoms with van der Waals surface area (Å²) in [5.74, 6) is 0.0889. The molecule has 8 heteroatoms. The molecule has 8 nitrogen and oxygen atoms in total. The molecule has 2 heterocycles. The number of aryl methyl sites for hydroxylation is 2. The fourth-order valence-electron chi connectivity index (χ4n) is 4.42. The Hall–Kier alpha value is -4.20. The molecule has 0 radical (unpaired) electrons. The second-order valence-corrected chi connectivity index (χ2v) is 8.96. The number of fused-ring (bicyclic) bond motifs is 1. The van der Waals surface area contributed by atoms with Gasteiger partial charge in [-0.15, -0.1) is 0 Å². The lowest BCUT2D eigenvalue weighted by Crippen LogP contribution is -2.30. The zero-order valence-corrected chi connectivity index (χ0v) is 19.7. The van der Waals surface area contributed by atoms with Crippen LogP contribution in [0.2, 0.25) is 0 Å². The number of nitro groups is 1. The summed E-state index contributed by atoms with van der Waals surface area (Å²) in [4.78, 5) is 30.8. The summed E-state index contributed by atoms with van der Waals surface area (Å²) in [6.45, 7) is 5.66. The Morgan fingerprint density at radius 3 is 2.54 bits per heavy atom. The fraction of sp³-hybridized carbons (Fsp3) is 0.259. The molecule has 4 aromatic rings. The maximum atomic E-state index is 12.9. The van der Waals surface area contributed by atoms with E-state index in [0.717, 1.165) is 43.5 Å². The van der Waals surface area contributed by atoms with E-state index in [1.165, 1.54) is 11.6 Å². The normalized spacial score (nSPS) is 13.7. The van der Waals surface area contributed by atoms with Gasteiger partial charge in [0.25, 0.3) is 11.6 Å². The van der Waals surface area contributed by atoms with Crippen LogP contribution in [0.5, 0.6) is 0 Å². The Bertz CT molecular complexity index is 1440. The van der Waals surface area contributed by atoms with Crippen molar-refractivity contribution in [3.8, 4) is 11.5 Å². The van der Waals surface area contributed by atoms with Crippen LogP contribution in [0.1, 0.15) is 40.7 Å². The zero-order valence-electron chi connectivity index (χ0n) is 19.7. The fourth-order valence-corrected chi connectivity index (χ4v) is 4.42. The van der Waals surface area contributed by atoms with Crippen molar-refractivity contribution in [3.05, 3.63) is 81.4 Å². The topological polar surface area (TPSA) is 102 Å². The number of hydrogen-bond acceptors (Lipinski definition) is 6. The lowest BCUT2D eigenvalue weighted by atomic mass is 10.1. The van der Waals surface area contributed by atoms with E-state index in [2.05, 4.69) is 17.2 Å². The highest BCUT2D eigenvalue weighted by molar-refractivity contribution is 6.05. The molecular formula is C27H26N4O4. The predicted molar refractivity (Wildman–Crippen MR) is 136 cm³/mol. The first-order chi connectivity index (χ1) is 16.9. The van der Waals surface area contributed by atoms with Gasteiger partial charge >= 0.3 is 0 Å². The summed E-state index contributed by atoms with van der Waals surface area (Å²) in [6, 6.07) is 15.9. The van der Waals surface area contributed by atoms with Gasteiger partial charge in [-0.3, -0.25) is 14.9 Å². The zero-order chi connectivity index (χ0) is 24.5. The van der Waals surface area contributed by atoms with E-state index in [4.69, 9.17) is 4.42 Å². The maximum absolute atomic E-state index is 12.9. The number of oxazole rings is 1. The average Bonchev–Trinajstić information content (AvgIpc) is 3.29. The monoisotopic (exact) mass is 470 g/mol. The van der Waals surface area contributed by atoms with Crippen molar-refractivity contribution in [3.63, 3.8) is 0 Å². The summed E-state index contributed by atoms with van der Waals surface area (Å²) < 4.78 is 5.90. The molecule has 0 atom stereocenters.